The number of rotatable bonds is 9. The third kappa shape index (κ3) is 6.11. The summed E-state index contributed by atoms with van der Waals surface area (Å²) in [7, 11) is -3.57. The van der Waals surface area contributed by atoms with Crippen LogP contribution in [0.4, 0.5) is 5.69 Å². The molecule has 0 saturated heterocycles. The fourth-order valence-corrected chi connectivity index (χ4v) is 3.09. The van der Waals surface area contributed by atoms with Crippen molar-refractivity contribution in [2.24, 2.45) is 5.73 Å². The quantitative estimate of drug-likeness (QED) is 0.567. The van der Waals surface area contributed by atoms with Crippen molar-refractivity contribution in [2.45, 2.75) is 24.8 Å². The van der Waals surface area contributed by atoms with Crippen LogP contribution in [0.3, 0.4) is 0 Å². The summed E-state index contributed by atoms with van der Waals surface area (Å²) in [5.41, 5.74) is 5.42. The van der Waals surface area contributed by atoms with Crippen LogP contribution in [0.1, 0.15) is 13.8 Å². The number of anilines is 1. The normalized spacial score (nSPS) is 11.6. The molecule has 0 radical (unpaired) electrons. The van der Waals surface area contributed by atoms with Crippen LogP contribution in [0.15, 0.2) is 29.2 Å². The van der Waals surface area contributed by atoms with E-state index in [1.807, 2.05) is 0 Å². The number of benzene rings is 1. The zero-order chi connectivity index (χ0) is 15.9. The topological polar surface area (TPSA) is 111 Å². The van der Waals surface area contributed by atoms with E-state index in [1.165, 1.54) is 6.07 Å². The van der Waals surface area contributed by atoms with E-state index in [-0.39, 0.29) is 24.2 Å². The summed E-state index contributed by atoms with van der Waals surface area (Å²) in [6.07, 6.45) is 0. The third-order valence-corrected chi connectivity index (χ3v) is 4.09. The molecule has 8 heteroatoms. The summed E-state index contributed by atoms with van der Waals surface area (Å²) in [6, 6.07) is 6.40. The highest BCUT2D eigenvalue weighted by Gasteiger charge is 2.18. The van der Waals surface area contributed by atoms with Crippen LogP contribution < -0.4 is 15.8 Å². The number of amides is 1. The first-order valence-electron chi connectivity index (χ1n) is 6.54. The van der Waals surface area contributed by atoms with E-state index < -0.39 is 15.9 Å². The van der Waals surface area contributed by atoms with E-state index in [0.29, 0.717) is 12.2 Å². The minimum absolute atomic E-state index is 0.156. The summed E-state index contributed by atoms with van der Waals surface area (Å²) in [5.74, 6) is -0.542. The van der Waals surface area contributed by atoms with E-state index in [4.69, 9.17) is 10.5 Å². The second kappa shape index (κ2) is 7.96. The molecule has 0 aromatic heterocycles. The fraction of sp³-hybridized carbons (Fsp3) is 0.462. The molecular weight excluding hydrogens is 294 g/mol. The van der Waals surface area contributed by atoms with Crippen LogP contribution in [0.25, 0.3) is 0 Å². The number of carbonyl (C=O) groups excluding carboxylic acids is 1. The van der Waals surface area contributed by atoms with Gasteiger partial charge in [0.25, 0.3) is 0 Å². The SMILES string of the molecule is CC(C)NS(=O)(=O)c1ccccc1NCCOCC(N)=O. The monoisotopic (exact) mass is 315 g/mol. The molecule has 0 bridgehead atoms. The van der Waals surface area contributed by atoms with E-state index >= 15 is 0 Å². The van der Waals surface area contributed by atoms with Crippen molar-refractivity contribution in [3.05, 3.63) is 24.3 Å². The molecule has 0 aliphatic heterocycles. The molecule has 0 unspecified atom stereocenters. The Balaban J connectivity index is 2.69. The van der Waals surface area contributed by atoms with Crippen LogP contribution in [0.5, 0.6) is 0 Å². The summed E-state index contributed by atoms with van der Waals surface area (Å²) in [5, 5.41) is 2.97. The number of nitrogens with one attached hydrogen (secondary N) is 2. The number of carbonyl (C=O) groups is 1. The molecule has 0 saturated carbocycles. The lowest BCUT2D eigenvalue weighted by atomic mass is 10.3. The van der Waals surface area contributed by atoms with Crippen molar-refractivity contribution < 1.29 is 17.9 Å². The van der Waals surface area contributed by atoms with Crippen molar-refractivity contribution in [1.29, 1.82) is 0 Å². The molecule has 1 aromatic rings. The fourth-order valence-electron chi connectivity index (χ4n) is 1.65. The van der Waals surface area contributed by atoms with Gasteiger partial charge < -0.3 is 15.8 Å². The highest BCUT2D eigenvalue weighted by atomic mass is 32.2. The van der Waals surface area contributed by atoms with Gasteiger partial charge in [-0.3, -0.25) is 4.79 Å². The van der Waals surface area contributed by atoms with Gasteiger partial charge in [-0.25, -0.2) is 13.1 Å². The highest BCUT2D eigenvalue weighted by Crippen LogP contribution is 2.20. The standard InChI is InChI=1S/C13H21N3O4S/c1-10(2)16-21(18,19)12-6-4-3-5-11(12)15-7-8-20-9-13(14)17/h3-6,10,15-16H,7-9H2,1-2H3,(H2,14,17). The number of nitrogens with two attached hydrogens (primary N) is 1. The van der Waals surface area contributed by atoms with Crippen molar-refractivity contribution >= 4 is 21.6 Å². The lowest BCUT2D eigenvalue weighted by Crippen LogP contribution is -2.31. The Morgan fingerprint density at radius 3 is 2.62 bits per heavy atom. The van der Waals surface area contributed by atoms with Gasteiger partial charge in [0.05, 0.1) is 12.3 Å². The second-order valence-electron chi connectivity index (χ2n) is 4.72. The van der Waals surface area contributed by atoms with Gasteiger partial charge in [0.15, 0.2) is 0 Å². The zero-order valence-corrected chi connectivity index (χ0v) is 12.9. The maximum Gasteiger partial charge on any atom is 0.243 e. The van der Waals surface area contributed by atoms with Gasteiger partial charge >= 0.3 is 0 Å². The van der Waals surface area contributed by atoms with Crippen molar-refractivity contribution in [2.75, 3.05) is 25.1 Å². The molecular formula is C13H21N3O4S. The zero-order valence-electron chi connectivity index (χ0n) is 12.1. The van der Waals surface area contributed by atoms with Crippen LogP contribution in [0, 0.1) is 0 Å². The van der Waals surface area contributed by atoms with Crippen LogP contribution >= 0.6 is 0 Å². The molecule has 0 spiro atoms. The molecule has 1 rings (SSSR count). The van der Waals surface area contributed by atoms with Crippen LogP contribution in [-0.4, -0.2) is 40.1 Å². The molecule has 118 valence electrons. The Labute approximate surface area is 124 Å². The summed E-state index contributed by atoms with van der Waals surface area (Å²) >= 11 is 0. The highest BCUT2D eigenvalue weighted by molar-refractivity contribution is 7.89. The number of sulfonamides is 1. The molecule has 21 heavy (non-hydrogen) atoms. The van der Waals surface area contributed by atoms with Gasteiger partial charge in [-0.1, -0.05) is 12.1 Å². The van der Waals surface area contributed by atoms with Crippen molar-refractivity contribution in [3.63, 3.8) is 0 Å². The van der Waals surface area contributed by atoms with E-state index in [2.05, 4.69) is 10.0 Å². The Morgan fingerprint density at radius 2 is 2.00 bits per heavy atom. The molecule has 7 nitrogen and oxygen atoms in total. The smallest absolute Gasteiger partial charge is 0.243 e. The molecule has 0 aliphatic rings. The van der Waals surface area contributed by atoms with Gasteiger partial charge in [0.2, 0.25) is 15.9 Å². The lowest BCUT2D eigenvalue weighted by Gasteiger charge is -2.14. The van der Waals surface area contributed by atoms with E-state index in [1.54, 1.807) is 32.0 Å². The Kier molecular flexibility index (Phi) is 6.60. The van der Waals surface area contributed by atoms with E-state index in [9.17, 15) is 13.2 Å². The molecule has 0 heterocycles. The Morgan fingerprint density at radius 1 is 1.33 bits per heavy atom. The maximum absolute atomic E-state index is 12.2. The van der Waals surface area contributed by atoms with Gasteiger partial charge in [0.1, 0.15) is 11.5 Å². The second-order valence-corrected chi connectivity index (χ2v) is 6.40. The summed E-state index contributed by atoms with van der Waals surface area (Å²) in [4.78, 5) is 10.7. The largest absolute Gasteiger partial charge is 0.382 e. The number of hydrogen-bond acceptors (Lipinski definition) is 5. The average Bonchev–Trinajstić information content (AvgIpc) is 2.37. The van der Waals surface area contributed by atoms with E-state index in [0.717, 1.165) is 0 Å². The number of para-hydroxylation sites is 1. The number of ether oxygens (including phenoxy) is 1. The summed E-state index contributed by atoms with van der Waals surface area (Å²) in [6.45, 7) is 3.96. The van der Waals surface area contributed by atoms with Gasteiger partial charge in [-0.15, -0.1) is 0 Å². The molecule has 1 aromatic carbocycles. The molecule has 0 atom stereocenters. The Bertz CT molecular complexity index is 573. The minimum Gasteiger partial charge on any atom is -0.382 e. The molecule has 0 aliphatic carbocycles. The minimum atomic E-state index is -3.57. The lowest BCUT2D eigenvalue weighted by molar-refractivity contribution is -0.122. The first-order chi connectivity index (χ1) is 9.83. The molecule has 1 amide bonds. The first kappa shape index (κ1) is 17.4. The van der Waals surface area contributed by atoms with Crippen molar-refractivity contribution in [1.82, 2.24) is 4.72 Å². The predicted octanol–water partition coefficient (Wildman–Crippen LogP) is 0.287. The number of primary amides is 1. The maximum atomic E-state index is 12.2. The average molecular weight is 315 g/mol. The summed E-state index contributed by atoms with van der Waals surface area (Å²) < 4.78 is 31.9. The van der Waals surface area contributed by atoms with Gasteiger partial charge in [0, 0.05) is 12.6 Å². The first-order valence-corrected chi connectivity index (χ1v) is 8.02. The third-order valence-electron chi connectivity index (χ3n) is 2.37. The van der Waals surface area contributed by atoms with Crippen molar-refractivity contribution in [3.8, 4) is 0 Å². The molecule has 4 N–H and O–H groups in total. The van der Waals surface area contributed by atoms with Crippen LogP contribution in [-0.2, 0) is 19.6 Å². The van der Waals surface area contributed by atoms with Gasteiger partial charge in [-0.2, -0.15) is 0 Å². The van der Waals surface area contributed by atoms with Crippen LogP contribution in [0.2, 0.25) is 0 Å². The Hall–Kier alpha value is -1.64. The number of hydrogen-bond donors (Lipinski definition) is 3. The predicted molar refractivity (Wildman–Crippen MR) is 80.4 cm³/mol. The molecule has 0 fully saturated rings. The van der Waals surface area contributed by atoms with Gasteiger partial charge in [-0.05, 0) is 26.0 Å².